The molecule has 0 aromatic carbocycles. The molecule has 1 aliphatic rings. The summed E-state index contributed by atoms with van der Waals surface area (Å²) in [4.78, 5) is 17.9. The van der Waals surface area contributed by atoms with Crippen molar-refractivity contribution in [2.45, 2.75) is 6.42 Å². The molecule has 2 aromatic rings. The van der Waals surface area contributed by atoms with Crippen LogP contribution in [0.5, 0.6) is 0 Å². The summed E-state index contributed by atoms with van der Waals surface area (Å²) in [7, 11) is 0. The van der Waals surface area contributed by atoms with Crippen LogP contribution in [0.4, 0.5) is 0 Å². The number of piperazine rings is 1. The molecule has 0 amide bonds. The first-order valence-corrected chi connectivity index (χ1v) is 6.73. The Labute approximate surface area is 112 Å². The summed E-state index contributed by atoms with van der Waals surface area (Å²) in [5.41, 5.74) is 1.43. The van der Waals surface area contributed by atoms with Gasteiger partial charge in [-0.05, 0) is 12.1 Å². The quantitative estimate of drug-likeness (QED) is 0.816. The molecule has 100 valence electrons. The van der Waals surface area contributed by atoms with E-state index in [0.717, 1.165) is 56.8 Å². The van der Waals surface area contributed by atoms with Crippen LogP contribution in [0.1, 0.15) is 16.3 Å². The highest BCUT2D eigenvalue weighted by atomic mass is 16.1. The van der Waals surface area contributed by atoms with E-state index < -0.39 is 0 Å². The van der Waals surface area contributed by atoms with E-state index in [2.05, 4.69) is 15.2 Å². The maximum Gasteiger partial charge on any atom is 0.170 e. The fourth-order valence-corrected chi connectivity index (χ4v) is 2.58. The maximum absolute atomic E-state index is 11.0. The predicted molar refractivity (Wildman–Crippen MR) is 73.6 cm³/mol. The van der Waals surface area contributed by atoms with Crippen molar-refractivity contribution in [3.8, 4) is 0 Å². The zero-order valence-electron chi connectivity index (χ0n) is 10.9. The van der Waals surface area contributed by atoms with Crippen LogP contribution >= 0.6 is 0 Å². The molecular formula is C14H18N4O. The van der Waals surface area contributed by atoms with Crippen molar-refractivity contribution in [1.29, 1.82) is 0 Å². The van der Waals surface area contributed by atoms with Crippen molar-refractivity contribution in [3.63, 3.8) is 0 Å². The Morgan fingerprint density at radius 2 is 2.16 bits per heavy atom. The number of nitrogens with one attached hydrogen (secondary N) is 1. The lowest BCUT2D eigenvalue weighted by atomic mass is 10.3. The van der Waals surface area contributed by atoms with Crippen molar-refractivity contribution in [2.75, 3.05) is 32.7 Å². The first kappa shape index (κ1) is 12.3. The van der Waals surface area contributed by atoms with Crippen LogP contribution in [0.3, 0.4) is 0 Å². The molecule has 2 aromatic heterocycles. The van der Waals surface area contributed by atoms with Crippen LogP contribution in [0, 0.1) is 0 Å². The fraction of sp³-hybridized carbons (Fsp3) is 0.429. The molecule has 0 radical (unpaired) electrons. The van der Waals surface area contributed by atoms with Crippen LogP contribution in [0.25, 0.3) is 5.52 Å². The van der Waals surface area contributed by atoms with E-state index in [1.807, 2.05) is 28.8 Å². The Kier molecular flexibility index (Phi) is 3.57. The van der Waals surface area contributed by atoms with Crippen LogP contribution in [0.2, 0.25) is 0 Å². The minimum Gasteiger partial charge on any atom is -0.314 e. The molecule has 0 saturated carbocycles. The second-order valence-electron chi connectivity index (χ2n) is 4.83. The van der Waals surface area contributed by atoms with Gasteiger partial charge in [0.15, 0.2) is 6.29 Å². The lowest BCUT2D eigenvalue weighted by Crippen LogP contribution is -2.44. The Balaban J connectivity index is 1.78. The highest BCUT2D eigenvalue weighted by Gasteiger charge is 2.13. The molecule has 5 heteroatoms. The standard InChI is InChI=1S/C14H18N4O/c19-11-12-13-3-1-2-7-18(13)14(16-12)4-8-17-9-5-15-6-10-17/h1-3,7,11,15H,4-6,8-10H2. The SMILES string of the molecule is O=Cc1nc(CCN2CCNCC2)n2ccccc12. The summed E-state index contributed by atoms with van der Waals surface area (Å²) < 4.78 is 2.02. The van der Waals surface area contributed by atoms with Gasteiger partial charge in [-0.2, -0.15) is 0 Å². The first-order chi connectivity index (χ1) is 9.38. The van der Waals surface area contributed by atoms with Gasteiger partial charge in [-0.3, -0.25) is 4.79 Å². The average molecular weight is 258 g/mol. The minimum absolute atomic E-state index is 0.538. The minimum atomic E-state index is 0.538. The molecule has 0 unspecified atom stereocenters. The summed E-state index contributed by atoms with van der Waals surface area (Å²) in [5.74, 6) is 0.969. The molecule has 19 heavy (non-hydrogen) atoms. The number of aromatic nitrogens is 2. The van der Waals surface area contributed by atoms with Gasteiger partial charge in [0, 0.05) is 45.3 Å². The number of pyridine rings is 1. The van der Waals surface area contributed by atoms with Gasteiger partial charge in [-0.1, -0.05) is 6.07 Å². The molecule has 3 rings (SSSR count). The molecule has 0 spiro atoms. The predicted octanol–water partition coefficient (Wildman–Crippen LogP) is 0.595. The Bertz CT molecular complexity index is 572. The van der Waals surface area contributed by atoms with Crippen LogP contribution < -0.4 is 5.32 Å². The maximum atomic E-state index is 11.0. The van der Waals surface area contributed by atoms with Gasteiger partial charge in [0.25, 0.3) is 0 Å². The molecule has 5 nitrogen and oxygen atoms in total. The summed E-state index contributed by atoms with van der Waals surface area (Å²) in [6.07, 6.45) is 3.69. The van der Waals surface area contributed by atoms with Crippen LogP contribution in [-0.4, -0.2) is 53.3 Å². The van der Waals surface area contributed by atoms with Gasteiger partial charge in [0.05, 0.1) is 5.52 Å². The number of rotatable bonds is 4. The second-order valence-corrected chi connectivity index (χ2v) is 4.83. The highest BCUT2D eigenvalue weighted by Crippen LogP contribution is 2.12. The zero-order valence-corrected chi connectivity index (χ0v) is 10.9. The monoisotopic (exact) mass is 258 g/mol. The van der Waals surface area contributed by atoms with Gasteiger partial charge in [-0.15, -0.1) is 0 Å². The van der Waals surface area contributed by atoms with E-state index in [1.54, 1.807) is 0 Å². The third-order valence-electron chi connectivity index (χ3n) is 3.62. The molecule has 3 heterocycles. The number of carbonyl (C=O) groups excluding carboxylic acids is 1. The van der Waals surface area contributed by atoms with Crippen molar-refractivity contribution in [3.05, 3.63) is 35.9 Å². The number of imidazole rings is 1. The summed E-state index contributed by atoms with van der Waals surface area (Å²) in [5, 5.41) is 3.35. The number of hydrogen-bond acceptors (Lipinski definition) is 4. The van der Waals surface area contributed by atoms with Crippen molar-refractivity contribution in [2.24, 2.45) is 0 Å². The first-order valence-electron chi connectivity index (χ1n) is 6.73. The second kappa shape index (κ2) is 5.50. The van der Waals surface area contributed by atoms with E-state index in [0.29, 0.717) is 5.69 Å². The molecule has 1 saturated heterocycles. The number of carbonyl (C=O) groups is 1. The number of aldehydes is 1. The van der Waals surface area contributed by atoms with E-state index in [1.165, 1.54) is 0 Å². The zero-order chi connectivity index (χ0) is 13.1. The molecular weight excluding hydrogens is 240 g/mol. The number of nitrogens with zero attached hydrogens (tertiary/aromatic N) is 3. The van der Waals surface area contributed by atoms with E-state index >= 15 is 0 Å². The summed E-state index contributed by atoms with van der Waals surface area (Å²) >= 11 is 0. The largest absolute Gasteiger partial charge is 0.314 e. The highest BCUT2D eigenvalue weighted by molar-refractivity contribution is 5.83. The third kappa shape index (κ3) is 2.52. The van der Waals surface area contributed by atoms with Gasteiger partial charge < -0.3 is 14.6 Å². The third-order valence-corrected chi connectivity index (χ3v) is 3.62. The van der Waals surface area contributed by atoms with Crippen molar-refractivity contribution >= 4 is 11.8 Å². The normalized spacial score (nSPS) is 16.8. The number of hydrogen-bond donors (Lipinski definition) is 1. The molecule has 1 N–H and O–H groups in total. The van der Waals surface area contributed by atoms with Gasteiger partial charge in [0.1, 0.15) is 11.5 Å². The van der Waals surface area contributed by atoms with Crippen molar-refractivity contribution in [1.82, 2.24) is 19.6 Å². The topological polar surface area (TPSA) is 49.6 Å². The lowest BCUT2D eigenvalue weighted by molar-refractivity contribution is 0.112. The lowest BCUT2D eigenvalue weighted by Gasteiger charge is -2.26. The molecule has 1 fully saturated rings. The van der Waals surface area contributed by atoms with E-state index in [9.17, 15) is 4.79 Å². The molecule has 0 atom stereocenters. The van der Waals surface area contributed by atoms with Gasteiger partial charge in [0.2, 0.25) is 0 Å². The van der Waals surface area contributed by atoms with Crippen LogP contribution in [0.15, 0.2) is 24.4 Å². The summed E-state index contributed by atoms with van der Waals surface area (Å²) in [6.45, 7) is 5.28. The van der Waals surface area contributed by atoms with Crippen molar-refractivity contribution < 1.29 is 4.79 Å². The average Bonchev–Trinajstić information content (AvgIpc) is 2.84. The molecule has 0 aliphatic carbocycles. The Hall–Kier alpha value is -1.72. The van der Waals surface area contributed by atoms with Gasteiger partial charge in [-0.25, -0.2) is 4.98 Å². The fourth-order valence-electron chi connectivity index (χ4n) is 2.58. The van der Waals surface area contributed by atoms with Gasteiger partial charge >= 0.3 is 0 Å². The molecule has 1 aliphatic heterocycles. The Morgan fingerprint density at radius 3 is 2.95 bits per heavy atom. The number of fused-ring (bicyclic) bond motifs is 1. The van der Waals surface area contributed by atoms with Crippen LogP contribution in [-0.2, 0) is 6.42 Å². The van der Waals surface area contributed by atoms with E-state index in [-0.39, 0.29) is 0 Å². The van der Waals surface area contributed by atoms with E-state index in [4.69, 9.17) is 0 Å². The molecule has 0 bridgehead atoms. The summed E-state index contributed by atoms with van der Waals surface area (Å²) in [6, 6.07) is 5.84. The smallest absolute Gasteiger partial charge is 0.170 e. The Morgan fingerprint density at radius 1 is 1.32 bits per heavy atom.